The Bertz CT molecular complexity index is 1420. The van der Waals surface area contributed by atoms with Crippen molar-refractivity contribution in [1.29, 1.82) is 0 Å². The molecular formula is C40H60N4O2. The summed E-state index contributed by atoms with van der Waals surface area (Å²) >= 11 is 0. The van der Waals surface area contributed by atoms with E-state index in [0.717, 1.165) is 43.0 Å². The maximum atomic E-state index is 11.5. The van der Waals surface area contributed by atoms with E-state index in [-0.39, 0.29) is 16.4 Å². The van der Waals surface area contributed by atoms with Gasteiger partial charge in [0.1, 0.15) is 0 Å². The number of allylic oxidation sites excluding steroid dienone is 5. The average molecular weight is 629 g/mol. The second-order valence-corrected chi connectivity index (χ2v) is 17.1. The SMILES string of the molecule is C/C(N)=C/C=C(\N)NCCNC12CCCC1C1CCC3C4(C)CC=C(c5ccc(C(=O)O)cc5)C(C)(C)C4CCC3(C)[C@]1(C)CC2. The molecule has 0 heterocycles. The Hall–Kier alpha value is -2.73. The van der Waals surface area contributed by atoms with Crippen molar-refractivity contribution in [2.45, 2.75) is 111 Å². The summed E-state index contributed by atoms with van der Waals surface area (Å²) in [4.78, 5) is 11.5. The molecule has 5 aliphatic rings. The van der Waals surface area contributed by atoms with Crippen LogP contribution in [0.1, 0.15) is 122 Å². The molecule has 0 bridgehead atoms. The molecule has 0 spiro atoms. The highest BCUT2D eigenvalue weighted by Gasteiger charge is 2.69. The summed E-state index contributed by atoms with van der Waals surface area (Å²) in [6.07, 6.45) is 19.3. The molecule has 0 saturated heterocycles. The Morgan fingerprint density at radius 3 is 2.30 bits per heavy atom. The molecule has 0 aromatic heterocycles. The third kappa shape index (κ3) is 5.13. The lowest BCUT2D eigenvalue weighted by molar-refractivity contribution is -0.216. The van der Waals surface area contributed by atoms with Crippen molar-refractivity contribution < 1.29 is 9.90 Å². The Labute approximate surface area is 277 Å². The van der Waals surface area contributed by atoms with Crippen molar-refractivity contribution >= 4 is 11.5 Å². The number of aromatic carboxylic acids is 1. The van der Waals surface area contributed by atoms with Crippen LogP contribution in [0.2, 0.25) is 0 Å². The summed E-state index contributed by atoms with van der Waals surface area (Å²) in [6.45, 7) is 16.6. The number of hydrogen-bond acceptors (Lipinski definition) is 5. The van der Waals surface area contributed by atoms with Crippen molar-refractivity contribution in [1.82, 2.24) is 10.6 Å². The lowest BCUT2D eigenvalue weighted by atomic mass is 9.33. The molecule has 7 unspecified atom stereocenters. The van der Waals surface area contributed by atoms with E-state index in [9.17, 15) is 9.90 Å². The lowest BCUT2D eigenvalue weighted by Gasteiger charge is -2.72. The maximum Gasteiger partial charge on any atom is 0.335 e. The number of carboxylic acids is 1. The van der Waals surface area contributed by atoms with Crippen LogP contribution >= 0.6 is 0 Å². The Morgan fingerprint density at radius 1 is 0.870 bits per heavy atom. The van der Waals surface area contributed by atoms with Gasteiger partial charge in [0.25, 0.3) is 0 Å². The van der Waals surface area contributed by atoms with Crippen LogP contribution in [0.3, 0.4) is 0 Å². The Balaban J connectivity index is 1.21. The first-order valence-corrected chi connectivity index (χ1v) is 18.1. The first-order chi connectivity index (χ1) is 21.7. The standard InChI is InChI=1S/C40H60N4O2/c1-26(41)9-16-34(42)43-24-25-44-40-19-7-8-31(40)30-14-15-33-37(4)20-17-29(27-10-12-28(13-11-27)35(45)46)36(2,3)32(37)18-21-39(33,6)38(30,5)22-23-40/h9-13,16-17,30-33,43-44H,7-8,14-15,18-25,41-42H2,1-6H3,(H,45,46)/b26-9-,34-16+/t30?,31?,32?,33?,37?,38-,39?,40?/m1/s1. The Kier molecular flexibility index (Phi) is 8.48. The molecule has 4 fully saturated rings. The molecule has 0 radical (unpaired) electrons. The molecule has 0 amide bonds. The molecule has 8 atom stereocenters. The van der Waals surface area contributed by atoms with Crippen LogP contribution in [0.4, 0.5) is 0 Å². The van der Waals surface area contributed by atoms with Crippen LogP contribution in [0.5, 0.6) is 0 Å². The minimum atomic E-state index is -0.860. The molecule has 46 heavy (non-hydrogen) atoms. The van der Waals surface area contributed by atoms with Crippen LogP contribution in [0, 0.1) is 45.3 Å². The molecule has 1 aromatic rings. The van der Waals surface area contributed by atoms with Gasteiger partial charge in [-0.2, -0.15) is 0 Å². The van der Waals surface area contributed by atoms with E-state index >= 15 is 0 Å². The normalized spacial score (nSPS) is 40.2. The summed E-state index contributed by atoms with van der Waals surface area (Å²) in [5, 5.41) is 16.9. The lowest BCUT2D eigenvalue weighted by Crippen LogP contribution is -2.67. The predicted octanol–water partition coefficient (Wildman–Crippen LogP) is 7.83. The molecule has 1 aromatic carbocycles. The van der Waals surface area contributed by atoms with E-state index in [1.807, 2.05) is 31.2 Å². The average Bonchev–Trinajstić information content (AvgIpc) is 3.43. The van der Waals surface area contributed by atoms with Gasteiger partial charge in [-0.05, 0) is 145 Å². The highest BCUT2D eigenvalue weighted by atomic mass is 16.4. The highest BCUT2D eigenvalue weighted by molar-refractivity contribution is 5.88. The minimum Gasteiger partial charge on any atom is -0.478 e. The largest absolute Gasteiger partial charge is 0.478 e. The Morgan fingerprint density at radius 2 is 1.61 bits per heavy atom. The fraction of sp³-hybridized carbons (Fsp3) is 0.675. The molecule has 6 heteroatoms. The number of nitrogens with one attached hydrogen (secondary N) is 2. The number of nitrogens with two attached hydrogens (primary N) is 2. The quantitative estimate of drug-likeness (QED) is 0.148. The van der Waals surface area contributed by atoms with Crippen molar-refractivity contribution in [2.24, 2.45) is 56.8 Å². The van der Waals surface area contributed by atoms with Crippen molar-refractivity contribution in [3.05, 3.63) is 65.1 Å². The minimum absolute atomic E-state index is 0.0416. The summed E-state index contributed by atoms with van der Waals surface area (Å²) in [5.74, 6) is 2.69. The second kappa shape index (κ2) is 11.8. The van der Waals surface area contributed by atoms with Crippen LogP contribution in [-0.2, 0) is 0 Å². The third-order valence-electron chi connectivity index (χ3n) is 14.8. The first kappa shape index (κ1) is 33.2. The molecule has 6 nitrogen and oxygen atoms in total. The van der Waals surface area contributed by atoms with Crippen LogP contribution in [0.15, 0.2) is 54.0 Å². The van der Waals surface area contributed by atoms with Crippen LogP contribution in [-0.4, -0.2) is 29.7 Å². The maximum absolute atomic E-state index is 11.5. The van der Waals surface area contributed by atoms with Gasteiger partial charge in [-0.25, -0.2) is 4.79 Å². The van der Waals surface area contributed by atoms with Gasteiger partial charge in [0.15, 0.2) is 0 Å². The van der Waals surface area contributed by atoms with Gasteiger partial charge in [0, 0.05) is 24.3 Å². The molecule has 6 rings (SSSR count). The number of rotatable bonds is 8. The fourth-order valence-electron chi connectivity index (χ4n) is 12.6. The zero-order chi connectivity index (χ0) is 33.1. The highest BCUT2D eigenvalue weighted by Crippen LogP contribution is 2.76. The molecular weight excluding hydrogens is 568 g/mol. The number of fused-ring (bicyclic) bond motifs is 7. The van der Waals surface area contributed by atoms with Gasteiger partial charge < -0.3 is 27.2 Å². The first-order valence-electron chi connectivity index (χ1n) is 18.1. The monoisotopic (exact) mass is 628 g/mol. The van der Waals surface area contributed by atoms with Gasteiger partial charge in [-0.15, -0.1) is 0 Å². The molecule has 4 saturated carbocycles. The second-order valence-electron chi connectivity index (χ2n) is 17.1. The molecule has 0 aliphatic heterocycles. The van der Waals surface area contributed by atoms with E-state index in [1.165, 1.54) is 68.9 Å². The number of carboxylic acid groups (broad SMARTS) is 1. The van der Waals surface area contributed by atoms with E-state index < -0.39 is 5.97 Å². The number of benzene rings is 1. The van der Waals surface area contributed by atoms with Gasteiger partial charge in [-0.3, -0.25) is 0 Å². The summed E-state index contributed by atoms with van der Waals surface area (Å²) in [5.41, 5.74) is 16.9. The number of hydrogen-bond donors (Lipinski definition) is 5. The van der Waals surface area contributed by atoms with Crippen LogP contribution in [0.25, 0.3) is 5.57 Å². The topological polar surface area (TPSA) is 113 Å². The van der Waals surface area contributed by atoms with Crippen molar-refractivity contribution in [3.8, 4) is 0 Å². The molecule has 7 N–H and O–H groups in total. The summed E-state index contributed by atoms with van der Waals surface area (Å²) in [7, 11) is 0. The summed E-state index contributed by atoms with van der Waals surface area (Å²) in [6, 6.07) is 7.61. The van der Waals surface area contributed by atoms with Crippen molar-refractivity contribution in [2.75, 3.05) is 13.1 Å². The summed E-state index contributed by atoms with van der Waals surface area (Å²) < 4.78 is 0. The molecule has 5 aliphatic carbocycles. The van der Waals surface area contributed by atoms with Gasteiger partial charge in [0.2, 0.25) is 0 Å². The number of carbonyl (C=O) groups is 1. The van der Waals surface area contributed by atoms with Crippen LogP contribution < -0.4 is 22.1 Å². The van der Waals surface area contributed by atoms with Gasteiger partial charge in [-0.1, -0.05) is 59.2 Å². The zero-order valence-electron chi connectivity index (χ0n) is 29.3. The van der Waals surface area contributed by atoms with E-state index in [1.54, 1.807) is 12.1 Å². The fourth-order valence-corrected chi connectivity index (χ4v) is 12.6. The zero-order valence-corrected chi connectivity index (χ0v) is 29.3. The molecule has 252 valence electrons. The van der Waals surface area contributed by atoms with Crippen molar-refractivity contribution in [3.63, 3.8) is 0 Å². The predicted molar refractivity (Wildman–Crippen MR) is 189 cm³/mol. The smallest absolute Gasteiger partial charge is 0.335 e. The third-order valence-corrected chi connectivity index (χ3v) is 14.8. The van der Waals surface area contributed by atoms with E-state index in [0.29, 0.717) is 28.1 Å². The van der Waals surface area contributed by atoms with E-state index in [2.05, 4.69) is 51.3 Å². The van der Waals surface area contributed by atoms with Gasteiger partial charge >= 0.3 is 5.97 Å². The van der Waals surface area contributed by atoms with Gasteiger partial charge in [0.05, 0.1) is 11.4 Å². The van der Waals surface area contributed by atoms with E-state index in [4.69, 9.17) is 11.5 Å².